The van der Waals surface area contributed by atoms with Gasteiger partial charge in [0.15, 0.2) is 5.84 Å². The minimum absolute atomic E-state index is 0.0238. The van der Waals surface area contributed by atoms with Crippen molar-refractivity contribution in [2.75, 3.05) is 13.6 Å². The van der Waals surface area contributed by atoms with Crippen molar-refractivity contribution in [3.63, 3.8) is 0 Å². The van der Waals surface area contributed by atoms with E-state index in [4.69, 9.17) is 10.9 Å². The zero-order valence-corrected chi connectivity index (χ0v) is 12.4. The molecule has 0 aliphatic heterocycles. The molecule has 0 bridgehead atoms. The number of nitrogens with zero attached hydrogens (tertiary/aromatic N) is 2. The number of benzene rings is 1. The second-order valence-corrected chi connectivity index (χ2v) is 5.78. The van der Waals surface area contributed by atoms with Crippen LogP contribution < -0.4 is 5.73 Å². The topological polar surface area (TPSA) is 78.9 Å². The van der Waals surface area contributed by atoms with E-state index in [1.54, 1.807) is 11.9 Å². The van der Waals surface area contributed by atoms with Crippen LogP contribution in [0.1, 0.15) is 24.8 Å². The lowest BCUT2D eigenvalue weighted by Gasteiger charge is -2.31. The molecule has 1 amide bonds. The Bertz CT molecular complexity index is 498. The summed E-state index contributed by atoms with van der Waals surface area (Å²) in [6.45, 7) is 0.753. The zero-order chi connectivity index (χ0) is 15.2. The SMILES string of the molecule is CN(CC1CCC1)C(=O)C(Cc1ccccc1)C(N)=NO. The molecular weight excluding hydrogens is 266 g/mol. The van der Waals surface area contributed by atoms with Crippen LogP contribution in [0.25, 0.3) is 0 Å². The molecule has 0 saturated heterocycles. The van der Waals surface area contributed by atoms with E-state index in [0.717, 1.165) is 12.1 Å². The first kappa shape index (κ1) is 15.4. The Morgan fingerprint density at radius 3 is 2.62 bits per heavy atom. The van der Waals surface area contributed by atoms with Crippen molar-refractivity contribution in [1.29, 1.82) is 0 Å². The molecule has 2 rings (SSSR count). The minimum atomic E-state index is -0.609. The normalized spacial score (nSPS) is 17.1. The fourth-order valence-electron chi connectivity index (χ4n) is 2.66. The first-order valence-corrected chi connectivity index (χ1v) is 7.38. The monoisotopic (exact) mass is 289 g/mol. The van der Waals surface area contributed by atoms with Crippen LogP contribution in [-0.2, 0) is 11.2 Å². The van der Waals surface area contributed by atoms with Crippen LogP contribution in [0.15, 0.2) is 35.5 Å². The Kier molecular flexibility index (Phi) is 5.20. The van der Waals surface area contributed by atoms with Gasteiger partial charge in [-0.3, -0.25) is 4.79 Å². The number of nitrogens with two attached hydrogens (primary N) is 1. The highest BCUT2D eigenvalue weighted by Crippen LogP contribution is 2.27. The van der Waals surface area contributed by atoms with Crippen LogP contribution in [0.5, 0.6) is 0 Å². The summed E-state index contributed by atoms with van der Waals surface area (Å²) in [4.78, 5) is 14.3. The van der Waals surface area contributed by atoms with Gasteiger partial charge in [-0.25, -0.2) is 0 Å². The largest absolute Gasteiger partial charge is 0.409 e. The van der Waals surface area contributed by atoms with E-state index in [-0.39, 0.29) is 11.7 Å². The van der Waals surface area contributed by atoms with E-state index in [1.165, 1.54) is 19.3 Å². The number of oxime groups is 1. The third-order valence-electron chi connectivity index (χ3n) is 4.19. The number of carbonyl (C=O) groups is 1. The average molecular weight is 289 g/mol. The first-order valence-electron chi connectivity index (χ1n) is 7.38. The van der Waals surface area contributed by atoms with Gasteiger partial charge in [0, 0.05) is 13.6 Å². The number of rotatable bonds is 6. The summed E-state index contributed by atoms with van der Waals surface area (Å²) in [6.07, 6.45) is 4.07. The van der Waals surface area contributed by atoms with Crippen LogP contribution in [-0.4, -0.2) is 35.4 Å². The molecule has 1 aliphatic carbocycles. The highest BCUT2D eigenvalue weighted by molar-refractivity contribution is 6.02. The van der Waals surface area contributed by atoms with Crippen molar-refractivity contribution >= 4 is 11.7 Å². The lowest BCUT2D eigenvalue weighted by atomic mass is 9.85. The first-order chi connectivity index (χ1) is 10.1. The van der Waals surface area contributed by atoms with Gasteiger partial charge in [0.05, 0.1) is 0 Å². The zero-order valence-electron chi connectivity index (χ0n) is 12.4. The summed E-state index contributed by atoms with van der Waals surface area (Å²) >= 11 is 0. The van der Waals surface area contributed by atoms with Crippen molar-refractivity contribution < 1.29 is 10.0 Å². The molecular formula is C16H23N3O2. The Balaban J connectivity index is 2.05. The van der Waals surface area contributed by atoms with E-state index in [2.05, 4.69) is 5.16 Å². The summed E-state index contributed by atoms with van der Waals surface area (Å²) in [6, 6.07) is 9.64. The summed E-state index contributed by atoms with van der Waals surface area (Å²) in [5.41, 5.74) is 6.73. The summed E-state index contributed by atoms with van der Waals surface area (Å²) < 4.78 is 0. The maximum atomic E-state index is 12.6. The van der Waals surface area contributed by atoms with Gasteiger partial charge >= 0.3 is 0 Å². The maximum absolute atomic E-state index is 12.6. The number of hydrogen-bond acceptors (Lipinski definition) is 3. The van der Waals surface area contributed by atoms with Crippen molar-refractivity contribution in [3.8, 4) is 0 Å². The maximum Gasteiger partial charge on any atom is 0.233 e. The third kappa shape index (κ3) is 3.97. The molecule has 0 radical (unpaired) electrons. The molecule has 1 aromatic rings. The Morgan fingerprint density at radius 1 is 1.43 bits per heavy atom. The molecule has 1 saturated carbocycles. The van der Waals surface area contributed by atoms with Crippen LogP contribution in [0.2, 0.25) is 0 Å². The predicted octanol–water partition coefficient (Wildman–Crippen LogP) is 1.85. The Labute approximate surface area is 125 Å². The fraction of sp³-hybridized carbons (Fsp3) is 0.500. The van der Waals surface area contributed by atoms with Gasteiger partial charge in [0.25, 0.3) is 0 Å². The van der Waals surface area contributed by atoms with E-state index in [1.807, 2.05) is 30.3 Å². The molecule has 1 fully saturated rings. The highest BCUT2D eigenvalue weighted by Gasteiger charge is 2.29. The van der Waals surface area contributed by atoms with Gasteiger partial charge in [-0.1, -0.05) is 41.9 Å². The van der Waals surface area contributed by atoms with Gasteiger partial charge in [-0.15, -0.1) is 0 Å². The van der Waals surface area contributed by atoms with Gasteiger partial charge < -0.3 is 15.8 Å². The average Bonchev–Trinajstić information content (AvgIpc) is 2.48. The fourth-order valence-corrected chi connectivity index (χ4v) is 2.66. The molecule has 0 aromatic heterocycles. The van der Waals surface area contributed by atoms with Gasteiger partial charge in [-0.2, -0.15) is 0 Å². The highest BCUT2D eigenvalue weighted by atomic mass is 16.4. The molecule has 1 aliphatic rings. The van der Waals surface area contributed by atoms with E-state index < -0.39 is 5.92 Å². The molecule has 5 nitrogen and oxygen atoms in total. The number of amides is 1. The second-order valence-electron chi connectivity index (χ2n) is 5.78. The molecule has 0 heterocycles. The molecule has 1 atom stereocenters. The van der Waals surface area contributed by atoms with Crippen molar-refractivity contribution in [2.24, 2.45) is 22.7 Å². The van der Waals surface area contributed by atoms with Crippen LogP contribution >= 0.6 is 0 Å². The van der Waals surface area contributed by atoms with E-state index in [9.17, 15) is 4.79 Å². The summed E-state index contributed by atoms with van der Waals surface area (Å²) in [7, 11) is 1.79. The number of carbonyl (C=O) groups excluding carboxylic acids is 1. The van der Waals surface area contributed by atoms with E-state index >= 15 is 0 Å². The molecule has 1 aromatic carbocycles. The van der Waals surface area contributed by atoms with Crippen molar-refractivity contribution in [3.05, 3.63) is 35.9 Å². The van der Waals surface area contributed by atoms with E-state index in [0.29, 0.717) is 12.3 Å². The van der Waals surface area contributed by atoms with Crippen LogP contribution in [0.3, 0.4) is 0 Å². The molecule has 5 heteroatoms. The van der Waals surface area contributed by atoms with Gasteiger partial charge in [0.1, 0.15) is 5.92 Å². The van der Waals surface area contributed by atoms with Gasteiger partial charge in [-0.05, 0) is 30.7 Å². The standard InChI is InChI=1S/C16H23N3O2/c1-19(11-13-8-5-9-13)16(20)14(15(17)18-21)10-12-6-3-2-4-7-12/h2-4,6-7,13-14,21H,5,8-11H2,1H3,(H2,17,18). The minimum Gasteiger partial charge on any atom is -0.409 e. The number of hydrogen-bond donors (Lipinski definition) is 2. The van der Waals surface area contributed by atoms with Crippen LogP contribution in [0.4, 0.5) is 0 Å². The molecule has 1 unspecified atom stereocenters. The number of amidine groups is 1. The predicted molar refractivity (Wildman–Crippen MR) is 82.0 cm³/mol. The quantitative estimate of drug-likeness (QED) is 0.363. The molecule has 114 valence electrons. The molecule has 21 heavy (non-hydrogen) atoms. The molecule has 3 N–H and O–H groups in total. The van der Waals surface area contributed by atoms with Crippen molar-refractivity contribution in [1.82, 2.24) is 4.90 Å². The second kappa shape index (κ2) is 7.11. The van der Waals surface area contributed by atoms with Gasteiger partial charge in [0.2, 0.25) is 5.91 Å². The molecule has 0 spiro atoms. The summed E-state index contributed by atoms with van der Waals surface area (Å²) in [5.74, 6) is -0.114. The lowest BCUT2D eigenvalue weighted by molar-refractivity contribution is -0.133. The Hall–Kier alpha value is -2.04. The van der Waals surface area contributed by atoms with Crippen LogP contribution in [0, 0.1) is 11.8 Å². The third-order valence-corrected chi connectivity index (χ3v) is 4.19. The lowest BCUT2D eigenvalue weighted by Crippen LogP contribution is -2.43. The Morgan fingerprint density at radius 2 is 2.10 bits per heavy atom. The smallest absolute Gasteiger partial charge is 0.233 e. The van der Waals surface area contributed by atoms with Crippen molar-refractivity contribution in [2.45, 2.75) is 25.7 Å². The summed E-state index contributed by atoms with van der Waals surface area (Å²) in [5, 5.41) is 12.0.